The molecule has 0 radical (unpaired) electrons. The van der Waals surface area contributed by atoms with Gasteiger partial charge in [-0.25, -0.2) is 23.1 Å². The Hall–Kier alpha value is -1.21. The van der Waals surface area contributed by atoms with Crippen LogP contribution in [0.3, 0.4) is 0 Å². The summed E-state index contributed by atoms with van der Waals surface area (Å²) < 4.78 is 28.4. The molecule has 2 fully saturated rings. The summed E-state index contributed by atoms with van der Waals surface area (Å²) in [5.74, 6) is 1.61. The molecule has 0 aromatic carbocycles. The molecular weight excluding hydrogens is 324 g/mol. The van der Waals surface area contributed by atoms with Crippen LogP contribution in [-0.4, -0.2) is 42.8 Å². The fourth-order valence-electron chi connectivity index (χ4n) is 3.73. The first-order valence-electron chi connectivity index (χ1n) is 9.08. The van der Waals surface area contributed by atoms with Gasteiger partial charge in [0.1, 0.15) is 11.6 Å². The third kappa shape index (κ3) is 4.06. The number of sulfonamides is 1. The number of aromatic nitrogens is 2. The van der Waals surface area contributed by atoms with Gasteiger partial charge in [0.05, 0.1) is 5.25 Å². The Morgan fingerprint density at radius 3 is 2.67 bits per heavy atom. The van der Waals surface area contributed by atoms with Crippen LogP contribution in [-0.2, 0) is 16.4 Å². The van der Waals surface area contributed by atoms with Crippen molar-refractivity contribution in [2.75, 3.05) is 18.0 Å². The van der Waals surface area contributed by atoms with E-state index in [4.69, 9.17) is 0 Å². The Bertz CT molecular complexity index is 671. The van der Waals surface area contributed by atoms with E-state index in [1.54, 1.807) is 0 Å². The topological polar surface area (TPSA) is 75.2 Å². The van der Waals surface area contributed by atoms with Crippen molar-refractivity contribution in [2.24, 2.45) is 0 Å². The molecule has 3 rings (SSSR count). The highest BCUT2D eigenvalue weighted by atomic mass is 32.2. The van der Waals surface area contributed by atoms with E-state index >= 15 is 0 Å². The van der Waals surface area contributed by atoms with Crippen molar-refractivity contribution in [3.8, 4) is 0 Å². The lowest BCUT2D eigenvalue weighted by molar-refractivity contribution is 0.504. The highest BCUT2D eigenvalue weighted by Gasteiger charge is 2.33. The monoisotopic (exact) mass is 352 g/mol. The highest BCUT2D eigenvalue weighted by molar-refractivity contribution is 7.90. The van der Waals surface area contributed by atoms with Gasteiger partial charge < -0.3 is 4.90 Å². The van der Waals surface area contributed by atoms with Crippen LogP contribution in [0.1, 0.15) is 57.0 Å². The molecular formula is C17H28N4O2S. The molecule has 1 unspecified atom stereocenters. The molecule has 1 saturated carbocycles. The Morgan fingerprint density at radius 1 is 1.21 bits per heavy atom. The van der Waals surface area contributed by atoms with Gasteiger partial charge in [0.2, 0.25) is 10.0 Å². The first kappa shape index (κ1) is 17.6. The number of nitrogens with zero attached hydrogens (tertiary/aromatic N) is 3. The van der Waals surface area contributed by atoms with Gasteiger partial charge >= 0.3 is 0 Å². The SMILES string of the molecule is CCc1cc(N2CCCC(S(=O)(=O)NC3CCCC3)C2)nc(C)n1. The smallest absolute Gasteiger partial charge is 0.216 e. The molecule has 7 heteroatoms. The van der Waals surface area contributed by atoms with Crippen molar-refractivity contribution in [1.82, 2.24) is 14.7 Å². The zero-order valence-electron chi connectivity index (χ0n) is 14.7. The number of anilines is 1. The van der Waals surface area contributed by atoms with Gasteiger partial charge in [0, 0.05) is 30.9 Å². The van der Waals surface area contributed by atoms with E-state index in [1.165, 1.54) is 0 Å². The van der Waals surface area contributed by atoms with Gasteiger partial charge in [-0.1, -0.05) is 19.8 Å². The number of hydrogen-bond donors (Lipinski definition) is 1. The van der Waals surface area contributed by atoms with E-state index in [0.29, 0.717) is 6.54 Å². The number of piperidine rings is 1. The van der Waals surface area contributed by atoms with Crippen molar-refractivity contribution in [2.45, 2.75) is 70.1 Å². The van der Waals surface area contributed by atoms with Gasteiger partial charge in [-0.05, 0) is 39.0 Å². The van der Waals surface area contributed by atoms with E-state index in [0.717, 1.165) is 68.8 Å². The maximum atomic E-state index is 12.7. The van der Waals surface area contributed by atoms with E-state index in [9.17, 15) is 8.42 Å². The summed E-state index contributed by atoms with van der Waals surface area (Å²) in [4.78, 5) is 11.0. The molecule has 0 spiro atoms. The average Bonchev–Trinajstić information content (AvgIpc) is 3.06. The Kier molecular flexibility index (Phi) is 5.39. The standard InChI is InChI=1S/C17H28N4O2S/c1-3-14-11-17(19-13(2)18-14)21-10-6-9-16(12-21)24(22,23)20-15-7-4-5-8-15/h11,15-16,20H,3-10,12H2,1-2H3. The second-order valence-electron chi connectivity index (χ2n) is 6.97. The van der Waals surface area contributed by atoms with Gasteiger partial charge in [-0.2, -0.15) is 0 Å². The third-order valence-electron chi connectivity index (χ3n) is 5.07. The first-order chi connectivity index (χ1) is 11.5. The maximum absolute atomic E-state index is 12.7. The Morgan fingerprint density at radius 2 is 1.96 bits per heavy atom. The second-order valence-corrected chi connectivity index (χ2v) is 8.97. The molecule has 1 aromatic rings. The van der Waals surface area contributed by atoms with Crippen LogP contribution in [0.15, 0.2) is 6.07 Å². The molecule has 1 aliphatic heterocycles. The largest absolute Gasteiger partial charge is 0.355 e. The summed E-state index contributed by atoms with van der Waals surface area (Å²) in [5, 5.41) is -0.354. The normalized spacial score (nSPS) is 22.9. The molecule has 0 bridgehead atoms. The van der Waals surface area contributed by atoms with Crippen LogP contribution in [0.5, 0.6) is 0 Å². The molecule has 2 heterocycles. The first-order valence-corrected chi connectivity index (χ1v) is 10.6. The summed E-state index contributed by atoms with van der Waals surface area (Å²) in [6.45, 7) is 5.33. The fourth-order valence-corrected chi connectivity index (χ4v) is 5.47. The zero-order valence-corrected chi connectivity index (χ0v) is 15.5. The van der Waals surface area contributed by atoms with Crippen LogP contribution >= 0.6 is 0 Å². The molecule has 2 aliphatic rings. The van der Waals surface area contributed by atoms with Crippen molar-refractivity contribution >= 4 is 15.8 Å². The van der Waals surface area contributed by atoms with E-state index < -0.39 is 10.0 Å². The van der Waals surface area contributed by atoms with Crippen molar-refractivity contribution in [3.63, 3.8) is 0 Å². The molecule has 1 N–H and O–H groups in total. The van der Waals surface area contributed by atoms with Gasteiger partial charge in [-0.15, -0.1) is 0 Å². The molecule has 1 atom stereocenters. The lowest BCUT2D eigenvalue weighted by atomic mass is 10.1. The minimum Gasteiger partial charge on any atom is -0.355 e. The molecule has 0 amide bonds. The van der Waals surface area contributed by atoms with Crippen molar-refractivity contribution < 1.29 is 8.42 Å². The van der Waals surface area contributed by atoms with Crippen LogP contribution in [0.2, 0.25) is 0 Å². The van der Waals surface area contributed by atoms with Gasteiger partial charge in [-0.3, -0.25) is 0 Å². The molecule has 1 saturated heterocycles. The summed E-state index contributed by atoms with van der Waals surface area (Å²) in [6.07, 6.45) is 6.66. The summed E-state index contributed by atoms with van der Waals surface area (Å²) >= 11 is 0. The predicted octanol–water partition coefficient (Wildman–Crippen LogP) is 2.18. The van der Waals surface area contributed by atoms with Crippen LogP contribution in [0.25, 0.3) is 0 Å². The van der Waals surface area contributed by atoms with E-state index in [1.807, 2.05) is 13.0 Å². The summed E-state index contributed by atoms with van der Waals surface area (Å²) in [7, 11) is -3.27. The third-order valence-corrected chi connectivity index (χ3v) is 6.99. The van der Waals surface area contributed by atoms with Gasteiger partial charge in [0.25, 0.3) is 0 Å². The summed E-state index contributed by atoms with van der Waals surface area (Å²) in [5.41, 5.74) is 1.01. The lowest BCUT2D eigenvalue weighted by Crippen LogP contribution is -2.48. The minimum atomic E-state index is -3.27. The molecule has 1 aromatic heterocycles. The molecule has 1 aliphatic carbocycles. The maximum Gasteiger partial charge on any atom is 0.216 e. The van der Waals surface area contributed by atoms with Crippen molar-refractivity contribution in [1.29, 1.82) is 0 Å². The molecule has 134 valence electrons. The number of aryl methyl sites for hydroxylation is 2. The highest BCUT2D eigenvalue weighted by Crippen LogP contribution is 2.24. The fraction of sp³-hybridized carbons (Fsp3) is 0.765. The van der Waals surface area contributed by atoms with Crippen LogP contribution in [0, 0.1) is 6.92 Å². The second kappa shape index (κ2) is 7.35. The number of rotatable bonds is 5. The average molecular weight is 353 g/mol. The number of hydrogen-bond acceptors (Lipinski definition) is 5. The molecule has 24 heavy (non-hydrogen) atoms. The Labute approximate surface area is 145 Å². The van der Waals surface area contributed by atoms with Crippen molar-refractivity contribution in [3.05, 3.63) is 17.6 Å². The van der Waals surface area contributed by atoms with Crippen LogP contribution < -0.4 is 9.62 Å². The minimum absolute atomic E-state index is 0.137. The zero-order chi connectivity index (χ0) is 17.2. The number of nitrogens with one attached hydrogen (secondary N) is 1. The van der Waals surface area contributed by atoms with Crippen LogP contribution in [0.4, 0.5) is 5.82 Å². The Balaban J connectivity index is 1.73. The quantitative estimate of drug-likeness (QED) is 0.879. The van der Waals surface area contributed by atoms with Gasteiger partial charge in [0.15, 0.2) is 0 Å². The molecule has 6 nitrogen and oxygen atoms in total. The lowest BCUT2D eigenvalue weighted by Gasteiger charge is -2.34. The van der Waals surface area contributed by atoms with E-state index in [2.05, 4.69) is 26.5 Å². The predicted molar refractivity (Wildman–Crippen MR) is 95.7 cm³/mol. The van der Waals surface area contributed by atoms with E-state index in [-0.39, 0.29) is 11.3 Å². The summed E-state index contributed by atoms with van der Waals surface area (Å²) in [6, 6.07) is 2.13.